The van der Waals surface area contributed by atoms with E-state index in [2.05, 4.69) is 4.98 Å². The Balaban J connectivity index is 1.27. The molecule has 0 radical (unpaired) electrons. The zero-order valence-corrected chi connectivity index (χ0v) is 21.3. The van der Waals surface area contributed by atoms with Gasteiger partial charge in [0, 0.05) is 28.5 Å². The number of carboxylic acid groups (broad SMARTS) is 1. The van der Waals surface area contributed by atoms with Gasteiger partial charge < -0.3 is 19.3 Å². The minimum atomic E-state index is -0.915. The first kappa shape index (κ1) is 25.3. The molecule has 0 bridgehead atoms. The molecule has 0 saturated carbocycles. The number of methoxy groups -OCH3 is 1. The number of halogens is 1. The second-order valence-electron chi connectivity index (χ2n) is 8.82. The van der Waals surface area contributed by atoms with Gasteiger partial charge in [-0.15, -0.1) is 0 Å². The number of carboxylic acids is 1. The van der Waals surface area contributed by atoms with Gasteiger partial charge in [-0.2, -0.15) is 0 Å². The molecule has 0 spiro atoms. The van der Waals surface area contributed by atoms with Crippen LogP contribution in [0, 0.1) is 0 Å². The number of ether oxygens (including phenoxy) is 3. The van der Waals surface area contributed by atoms with Crippen LogP contribution in [-0.2, 0) is 11.2 Å². The first-order valence-electron chi connectivity index (χ1n) is 12.0. The lowest BCUT2D eigenvalue weighted by Gasteiger charge is -2.24. The number of rotatable bonds is 8. The standard InChI is InChI=1S/C30H24ClNO6/c1-36-21-9-5-18(6-10-21)26-4-2-3-20(32-26)15-27(33)19-7-11-22(12-8-19)38-29-17-28-24(16-25(29)31)23(30(34)35)13-14-37-28/h2-12,16-17,23H,13-15H2,1H3,(H,34,35). The zero-order valence-electron chi connectivity index (χ0n) is 20.5. The predicted octanol–water partition coefficient (Wildman–Crippen LogP) is 6.58. The molecule has 38 heavy (non-hydrogen) atoms. The van der Waals surface area contributed by atoms with Crippen LogP contribution in [0.2, 0.25) is 5.02 Å². The molecule has 1 N–H and O–H groups in total. The molecule has 192 valence electrons. The number of pyridine rings is 1. The van der Waals surface area contributed by atoms with Crippen molar-refractivity contribution in [1.82, 2.24) is 4.98 Å². The molecule has 0 saturated heterocycles. The highest BCUT2D eigenvalue weighted by atomic mass is 35.5. The van der Waals surface area contributed by atoms with Crippen molar-refractivity contribution in [3.63, 3.8) is 0 Å². The summed E-state index contributed by atoms with van der Waals surface area (Å²) in [5.74, 6) is 0.379. The molecule has 0 fully saturated rings. The van der Waals surface area contributed by atoms with Gasteiger partial charge in [0.1, 0.15) is 23.0 Å². The summed E-state index contributed by atoms with van der Waals surface area (Å²) in [6, 6.07) is 23.1. The molecule has 8 heteroatoms. The van der Waals surface area contributed by atoms with E-state index in [-0.39, 0.29) is 17.2 Å². The molecule has 2 heterocycles. The Morgan fingerprint density at radius 2 is 1.76 bits per heavy atom. The van der Waals surface area contributed by atoms with Crippen LogP contribution in [0.15, 0.2) is 78.9 Å². The van der Waals surface area contributed by atoms with E-state index in [1.54, 1.807) is 43.5 Å². The predicted molar refractivity (Wildman–Crippen MR) is 143 cm³/mol. The van der Waals surface area contributed by atoms with E-state index in [1.807, 2.05) is 42.5 Å². The number of carbonyl (C=O) groups excluding carboxylic acids is 1. The highest BCUT2D eigenvalue weighted by molar-refractivity contribution is 6.32. The van der Waals surface area contributed by atoms with Crippen LogP contribution in [0.25, 0.3) is 11.3 Å². The maximum Gasteiger partial charge on any atom is 0.311 e. The van der Waals surface area contributed by atoms with Crippen molar-refractivity contribution >= 4 is 23.4 Å². The molecular formula is C30H24ClNO6. The highest BCUT2D eigenvalue weighted by Gasteiger charge is 2.29. The number of aliphatic carboxylic acids is 1. The van der Waals surface area contributed by atoms with E-state index in [0.29, 0.717) is 47.1 Å². The normalized spacial score (nSPS) is 14.2. The first-order chi connectivity index (χ1) is 18.4. The summed E-state index contributed by atoms with van der Waals surface area (Å²) in [5.41, 5.74) is 3.45. The number of aromatic nitrogens is 1. The molecule has 5 rings (SSSR count). The average molecular weight is 530 g/mol. The summed E-state index contributed by atoms with van der Waals surface area (Å²) < 4.78 is 16.8. The third-order valence-corrected chi connectivity index (χ3v) is 6.64. The molecule has 1 aliphatic rings. The molecule has 0 amide bonds. The van der Waals surface area contributed by atoms with Crippen LogP contribution in [0.1, 0.15) is 34.0 Å². The minimum Gasteiger partial charge on any atom is -0.497 e. The van der Waals surface area contributed by atoms with Crippen molar-refractivity contribution in [3.05, 3.63) is 101 Å². The second-order valence-corrected chi connectivity index (χ2v) is 9.22. The van der Waals surface area contributed by atoms with Gasteiger partial charge >= 0.3 is 5.97 Å². The van der Waals surface area contributed by atoms with Gasteiger partial charge in [0.25, 0.3) is 0 Å². The van der Waals surface area contributed by atoms with Gasteiger partial charge in [0.2, 0.25) is 0 Å². The van der Waals surface area contributed by atoms with Gasteiger partial charge in [-0.25, -0.2) is 0 Å². The average Bonchev–Trinajstić information content (AvgIpc) is 2.93. The van der Waals surface area contributed by atoms with Gasteiger partial charge in [-0.1, -0.05) is 17.7 Å². The van der Waals surface area contributed by atoms with Gasteiger partial charge in [-0.05, 0) is 73.2 Å². The number of benzene rings is 3. The molecule has 1 unspecified atom stereocenters. The van der Waals surface area contributed by atoms with Crippen LogP contribution in [0.3, 0.4) is 0 Å². The Morgan fingerprint density at radius 1 is 1.03 bits per heavy atom. The van der Waals surface area contributed by atoms with Crippen LogP contribution in [0.4, 0.5) is 0 Å². The maximum absolute atomic E-state index is 12.9. The summed E-state index contributed by atoms with van der Waals surface area (Å²) in [5, 5.41) is 9.74. The van der Waals surface area contributed by atoms with Gasteiger partial charge in [-0.3, -0.25) is 14.6 Å². The van der Waals surface area contributed by atoms with Crippen molar-refractivity contribution in [2.45, 2.75) is 18.8 Å². The van der Waals surface area contributed by atoms with Crippen molar-refractivity contribution in [2.24, 2.45) is 0 Å². The third kappa shape index (κ3) is 5.48. The van der Waals surface area contributed by atoms with E-state index in [0.717, 1.165) is 17.0 Å². The molecule has 4 aromatic rings. The lowest BCUT2D eigenvalue weighted by Crippen LogP contribution is -2.20. The fourth-order valence-electron chi connectivity index (χ4n) is 4.33. The van der Waals surface area contributed by atoms with Crippen molar-refractivity contribution in [3.8, 4) is 34.3 Å². The third-order valence-electron chi connectivity index (χ3n) is 6.34. The Kier molecular flexibility index (Phi) is 7.29. The number of nitrogens with zero attached hydrogens (tertiary/aromatic N) is 1. The molecule has 1 aliphatic heterocycles. The van der Waals surface area contributed by atoms with Crippen molar-refractivity contribution < 1.29 is 28.9 Å². The zero-order chi connectivity index (χ0) is 26.6. The first-order valence-corrected chi connectivity index (χ1v) is 12.4. The summed E-state index contributed by atoms with van der Waals surface area (Å²) in [6.45, 7) is 0.305. The van der Waals surface area contributed by atoms with Crippen LogP contribution in [0.5, 0.6) is 23.0 Å². The molecular weight excluding hydrogens is 506 g/mol. The Morgan fingerprint density at radius 3 is 2.47 bits per heavy atom. The molecule has 1 atom stereocenters. The van der Waals surface area contributed by atoms with Crippen LogP contribution in [-0.4, -0.2) is 35.6 Å². The van der Waals surface area contributed by atoms with Crippen LogP contribution >= 0.6 is 11.6 Å². The number of fused-ring (bicyclic) bond motifs is 1. The van der Waals surface area contributed by atoms with Gasteiger partial charge in [0.05, 0.1) is 36.8 Å². The van der Waals surface area contributed by atoms with E-state index >= 15 is 0 Å². The van der Waals surface area contributed by atoms with E-state index in [9.17, 15) is 14.7 Å². The van der Waals surface area contributed by atoms with E-state index in [4.69, 9.17) is 25.8 Å². The second kappa shape index (κ2) is 10.9. The molecule has 3 aromatic carbocycles. The van der Waals surface area contributed by atoms with E-state index < -0.39 is 11.9 Å². The molecule has 0 aliphatic carbocycles. The number of ketones is 1. The Bertz CT molecular complexity index is 1480. The smallest absolute Gasteiger partial charge is 0.311 e. The Hall–Kier alpha value is -4.36. The van der Waals surface area contributed by atoms with E-state index in [1.165, 1.54) is 0 Å². The maximum atomic E-state index is 12.9. The SMILES string of the molecule is COc1ccc(-c2cccc(CC(=O)c3ccc(Oc4cc5c(cc4Cl)C(C(=O)O)CCO5)cc3)n2)cc1. The summed E-state index contributed by atoms with van der Waals surface area (Å²) >= 11 is 6.38. The number of hydrogen-bond acceptors (Lipinski definition) is 6. The molecule has 7 nitrogen and oxygen atoms in total. The number of hydrogen-bond donors (Lipinski definition) is 1. The fraction of sp³-hybridized carbons (Fsp3) is 0.167. The number of Topliss-reactive ketones (excluding diaryl/α,β-unsaturated/α-hetero) is 1. The largest absolute Gasteiger partial charge is 0.497 e. The van der Waals surface area contributed by atoms with Crippen molar-refractivity contribution in [2.75, 3.05) is 13.7 Å². The molecule has 1 aromatic heterocycles. The summed E-state index contributed by atoms with van der Waals surface area (Å²) in [7, 11) is 1.62. The highest BCUT2D eigenvalue weighted by Crippen LogP contribution is 2.41. The monoisotopic (exact) mass is 529 g/mol. The number of carbonyl (C=O) groups is 2. The topological polar surface area (TPSA) is 95.0 Å². The Labute approximate surface area is 224 Å². The fourth-order valence-corrected chi connectivity index (χ4v) is 4.54. The van der Waals surface area contributed by atoms with Gasteiger partial charge in [0.15, 0.2) is 5.78 Å². The summed E-state index contributed by atoms with van der Waals surface area (Å²) in [4.78, 5) is 29.1. The lowest BCUT2D eigenvalue weighted by atomic mass is 9.93. The minimum absolute atomic E-state index is 0.0733. The quantitative estimate of drug-likeness (QED) is 0.258. The summed E-state index contributed by atoms with van der Waals surface area (Å²) in [6.07, 6.45) is 0.540. The van der Waals surface area contributed by atoms with Crippen molar-refractivity contribution in [1.29, 1.82) is 0 Å². The van der Waals surface area contributed by atoms with Crippen LogP contribution < -0.4 is 14.2 Å². The lowest BCUT2D eigenvalue weighted by molar-refractivity contribution is -0.139.